The first-order valence-corrected chi connectivity index (χ1v) is 8.59. The van der Waals surface area contributed by atoms with Gasteiger partial charge in [0.25, 0.3) is 0 Å². The minimum atomic E-state index is 0.219. The van der Waals surface area contributed by atoms with Crippen LogP contribution in [0.4, 0.5) is 0 Å². The highest BCUT2D eigenvalue weighted by molar-refractivity contribution is 4.89. The van der Waals surface area contributed by atoms with Crippen molar-refractivity contribution < 1.29 is 0 Å². The van der Waals surface area contributed by atoms with E-state index in [0.29, 0.717) is 10.8 Å². The third-order valence-electron chi connectivity index (χ3n) is 5.03. The lowest BCUT2D eigenvalue weighted by atomic mass is 9.78. The average Bonchev–Trinajstić information content (AvgIpc) is 2.32. The van der Waals surface area contributed by atoms with Crippen molar-refractivity contribution in [3.63, 3.8) is 0 Å². The van der Waals surface area contributed by atoms with Crippen LogP contribution in [0.3, 0.4) is 0 Å². The fourth-order valence-corrected chi connectivity index (χ4v) is 3.39. The van der Waals surface area contributed by atoms with Crippen LogP contribution >= 0.6 is 0 Å². The molecule has 2 heteroatoms. The van der Waals surface area contributed by atoms with E-state index in [4.69, 9.17) is 0 Å². The van der Waals surface area contributed by atoms with Crippen molar-refractivity contribution in [3.05, 3.63) is 0 Å². The summed E-state index contributed by atoms with van der Waals surface area (Å²) in [5.74, 6) is 0. The van der Waals surface area contributed by atoms with Gasteiger partial charge in [-0.15, -0.1) is 0 Å². The fraction of sp³-hybridized carbons (Fsp3) is 1.00. The molecule has 1 aliphatic rings. The lowest BCUT2D eigenvalue weighted by Crippen LogP contribution is -2.51. The van der Waals surface area contributed by atoms with Crippen LogP contribution in [0.1, 0.15) is 74.1 Å². The molecule has 1 rings (SSSR count). The van der Waals surface area contributed by atoms with Crippen LogP contribution in [-0.2, 0) is 0 Å². The molecule has 1 heterocycles. The quantitative estimate of drug-likeness (QED) is 0.781. The molecule has 0 bridgehead atoms. The molecule has 0 aromatic rings. The highest BCUT2D eigenvalue weighted by Gasteiger charge is 2.34. The largest absolute Gasteiger partial charge is 0.311 e. The predicted octanol–water partition coefficient (Wildman–Crippen LogP) is 4.30. The molecule has 0 atom stereocenters. The monoisotopic (exact) mass is 282 g/mol. The van der Waals surface area contributed by atoms with E-state index in [0.717, 1.165) is 6.54 Å². The molecule has 0 unspecified atom stereocenters. The lowest BCUT2D eigenvalue weighted by molar-refractivity contribution is 0.0605. The third kappa shape index (κ3) is 5.73. The van der Waals surface area contributed by atoms with Gasteiger partial charge in [-0.1, -0.05) is 27.7 Å². The van der Waals surface area contributed by atoms with Gasteiger partial charge in [0.1, 0.15) is 0 Å². The molecule has 1 N–H and O–H groups in total. The van der Waals surface area contributed by atoms with E-state index in [1.54, 1.807) is 0 Å². The fourth-order valence-electron chi connectivity index (χ4n) is 3.39. The van der Waals surface area contributed by atoms with Gasteiger partial charge >= 0.3 is 0 Å². The first-order valence-electron chi connectivity index (χ1n) is 8.59. The van der Waals surface area contributed by atoms with Crippen LogP contribution in [0.5, 0.6) is 0 Å². The molecule has 0 aromatic heterocycles. The van der Waals surface area contributed by atoms with Crippen LogP contribution in [0.2, 0.25) is 0 Å². The highest BCUT2D eigenvalue weighted by Crippen LogP contribution is 2.33. The van der Waals surface area contributed by atoms with E-state index in [9.17, 15) is 0 Å². The van der Waals surface area contributed by atoms with Gasteiger partial charge in [0.05, 0.1) is 0 Å². The Labute approximate surface area is 127 Å². The maximum atomic E-state index is 3.75. The molecule has 20 heavy (non-hydrogen) atoms. The molecule has 0 saturated carbocycles. The summed E-state index contributed by atoms with van der Waals surface area (Å²) in [4.78, 5) is 2.72. The van der Waals surface area contributed by atoms with Crippen LogP contribution in [0.25, 0.3) is 0 Å². The van der Waals surface area contributed by atoms with Crippen molar-refractivity contribution in [1.82, 2.24) is 10.2 Å². The van der Waals surface area contributed by atoms with Crippen molar-refractivity contribution in [2.24, 2.45) is 10.8 Å². The van der Waals surface area contributed by atoms with E-state index in [1.807, 2.05) is 0 Å². The van der Waals surface area contributed by atoms with E-state index in [1.165, 1.54) is 45.3 Å². The summed E-state index contributed by atoms with van der Waals surface area (Å²) in [7, 11) is 0. The lowest BCUT2D eigenvalue weighted by Gasteiger charge is -2.44. The second kappa shape index (κ2) is 6.79. The Hall–Kier alpha value is -0.0800. The van der Waals surface area contributed by atoms with Gasteiger partial charge in [0.2, 0.25) is 0 Å². The van der Waals surface area contributed by atoms with E-state index < -0.39 is 0 Å². The Morgan fingerprint density at radius 1 is 1.10 bits per heavy atom. The molecule has 0 spiro atoms. The summed E-state index contributed by atoms with van der Waals surface area (Å²) in [6.07, 6.45) is 5.28. The van der Waals surface area contributed by atoms with Gasteiger partial charge in [-0.2, -0.15) is 0 Å². The van der Waals surface area contributed by atoms with Crippen molar-refractivity contribution >= 4 is 0 Å². The van der Waals surface area contributed by atoms with Crippen molar-refractivity contribution in [3.8, 4) is 0 Å². The van der Waals surface area contributed by atoms with Gasteiger partial charge in [-0.3, -0.25) is 0 Å². The minimum absolute atomic E-state index is 0.219. The average molecular weight is 283 g/mol. The molecule has 0 amide bonds. The zero-order valence-corrected chi connectivity index (χ0v) is 15.1. The molecule has 1 saturated heterocycles. The number of likely N-dealkylation sites (tertiary alicyclic amines) is 1. The van der Waals surface area contributed by atoms with E-state index in [-0.39, 0.29) is 5.54 Å². The van der Waals surface area contributed by atoms with Crippen LogP contribution in [0, 0.1) is 10.8 Å². The topological polar surface area (TPSA) is 15.3 Å². The maximum absolute atomic E-state index is 3.75. The molecule has 2 nitrogen and oxygen atoms in total. The summed E-state index contributed by atoms with van der Waals surface area (Å²) < 4.78 is 0. The first kappa shape index (κ1) is 18.0. The van der Waals surface area contributed by atoms with E-state index >= 15 is 0 Å². The van der Waals surface area contributed by atoms with Crippen LogP contribution < -0.4 is 5.32 Å². The smallest absolute Gasteiger partial charge is 0.00967 e. The van der Waals surface area contributed by atoms with Gasteiger partial charge < -0.3 is 10.2 Å². The van der Waals surface area contributed by atoms with Crippen molar-refractivity contribution in [2.45, 2.75) is 79.7 Å². The first-order chi connectivity index (χ1) is 9.11. The molecule has 1 fully saturated rings. The second-order valence-electron chi connectivity index (χ2n) is 8.79. The Balaban J connectivity index is 2.65. The number of hydrogen-bond acceptors (Lipinski definition) is 2. The Morgan fingerprint density at radius 3 is 2.15 bits per heavy atom. The molecular formula is C18H38N2. The van der Waals surface area contributed by atoms with Gasteiger partial charge in [-0.05, 0) is 63.8 Å². The van der Waals surface area contributed by atoms with Crippen molar-refractivity contribution in [1.29, 1.82) is 0 Å². The highest BCUT2D eigenvalue weighted by atomic mass is 15.1. The number of hydrogen-bond donors (Lipinski definition) is 1. The second-order valence-corrected chi connectivity index (χ2v) is 8.79. The number of rotatable bonds is 6. The molecule has 0 radical (unpaired) electrons. The number of nitrogens with zero attached hydrogens (tertiary/aromatic N) is 1. The minimum Gasteiger partial charge on any atom is -0.311 e. The summed E-state index contributed by atoms with van der Waals surface area (Å²) in [5, 5.41) is 3.75. The normalized spacial score (nSPS) is 21.1. The number of piperidine rings is 1. The zero-order chi connectivity index (χ0) is 15.4. The molecule has 0 aromatic carbocycles. The van der Waals surface area contributed by atoms with E-state index in [2.05, 4.69) is 58.7 Å². The van der Waals surface area contributed by atoms with Crippen LogP contribution in [-0.4, -0.2) is 36.6 Å². The summed E-state index contributed by atoms with van der Waals surface area (Å²) >= 11 is 0. The Morgan fingerprint density at radius 2 is 1.70 bits per heavy atom. The van der Waals surface area contributed by atoms with Crippen molar-refractivity contribution in [2.75, 3.05) is 26.2 Å². The SMILES string of the molecule is CCC(CC)(CNC(C)(C)C)CN1CCCC(C)(C)C1. The summed E-state index contributed by atoms with van der Waals surface area (Å²) in [6.45, 7) is 21.3. The van der Waals surface area contributed by atoms with Gasteiger partial charge in [0.15, 0.2) is 0 Å². The maximum Gasteiger partial charge on any atom is 0.00967 e. The van der Waals surface area contributed by atoms with Gasteiger partial charge in [-0.25, -0.2) is 0 Å². The molecule has 0 aliphatic carbocycles. The van der Waals surface area contributed by atoms with Gasteiger partial charge in [0, 0.05) is 25.2 Å². The molecular weight excluding hydrogens is 244 g/mol. The zero-order valence-electron chi connectivity index (χ0n) is 15.1. The Kier molecular flexibility index (Phi) is 6.10. The standard InChI is InChI=1S/C18H38N2/c1-8-18(9-2,13-19-16(3,4)5)15-20-12-10-11-17(6,7)14-20/h19H,8-15H2,1-7H3. The summed E-state index contributed by atoms with van der Waals surface area (Å²) in [6, 6.07) is 0. The number of nitrogens with one attached hydrogen (secondary N) is 1. The Bertz CT molecular complexity index is 284. The molecule has 120 valence electrons. The molecule has 1 aliphatic heterocycles. The third-order valence-corrected chi connectivity index (χ3v) is 5.03. The van der Waals surface area contributed by atoms with Crippen LogP contribution in [0.15, 0.2) is 0 Å². The predicted molar refractivity (Wildman–Crippen MR) is 90.2 cm³/mol. The summed E-state index contributed by atoms with van der Waals surface area (Å²) in [5.41, 5.74) is 1.15.